The molecule has 0 bridgehead atoms. The van der Waals surface area contributed by atoms with Crippen molar-refractivity contribution in [3.63, 3.8) is 0 Å². The third-order valence-corrected chi connectivity index (χ3v) is 1.56. The first kappa shape index (κ1) is 6.93. The zero-order valence-corrected chi connectivity index (χ0v) is 5.24. The highest BCUT2D eigenvalue weighted by Gasteiger charge is 2.21. The number of hydrogen-bond donors (Lipinski definition) is 1. The first-order chi connectivity index (χ1) is 4.30. The Bertz CT molecular complexity index is 77.1. The van der Waals surface area contributed by atoms with Crippen LogP contribution in [0.5, 0.6) is 0 Å². The van der Waals surface area contributed by atoms with Gasteiger partial charge in [0.25, 0.3) is 0 Å². The second kappa shape index (κ2) is 3.11. The molecule has 1 fully saturated rings. The third-order valence-electron chi connectivity index (χ3n) is 1.56. The lowest BCUT2D eigenvalue weighted by Crippen LogP contribution is -2.31. The van der Waals surface area contributed by atoms with Crippen molar-refractivity contribution in [2.24, 2.45) is 0 Å². The maximum Gasteiger partial charge on any atom is 0.182 e. The molecule has 1 aliphatic rings. The smallest absolute Gasteiger partial charge is 0.182 e. The number of halogens is 2. The lowest BCUT2D eigenvalue weighted by Gasteiger charge is -2.08. The minimum atomic E-state index is -1.42. The van der Waals surface area contributed by atoms with Crippen molar-refractivity contribution in [3.05, 3.63) is 0 Å². The van der Waals surface area contributed by atoms with E-state index in [0.717, 1.165) is 12.8 Å². The van der Waals surface area contributed by atoms with Crippen molar-refractivity contribution in [1.29, 1.82) is 0 Å². The van der Waals surface area contributed by atoms with Gasteiger partial charge in [-0.2, -0.15) is 0 Å². The quantitative estimate of drug-likeness (QED) is 0.495. The number of rotatable bonds is 0. The summed E-state index contributed by atoms with van der Waals surface area (Å²) in [5.41, 5.74) is 0. The lowest BCUT2D eigenvalue weighted by molar-refractivity contribution is 0.139. The maximum atomic E-state index is 12.4. The van der Waals surface area contributed by atoms with E-state index in [2.05, 4.69) is 5.32 Å². The Balaban J connectivity index is 2.32. The SMILES string of the molecule is FC1CCCCNC1F. The van der Waals surface area contributed by atoms with Crippen LogP contribution in [0.15, 0.2) is 0 Å². The van der Waals surface area contributed by atoms with Crippen LogP contribution in [0.3, 0.4) is 0 Å². The van der Waals surface area contributed by atoms with Gasteiger partial charge in [0.05, 0.1) is 0 Å². The molecule has 0 aliphatic carbocycles. The van der Waals surface area contributed by atoms with E-state index in [-0.39, 0.29) is 0 Å². The Kier molecular flexibility index (Phi) is 2.39. The number of alkyl halides is 2. The fourth-order valence-corrected chi connectivity index (χ4v) is 0.978. The summed E-state index contributed by atoms with van der Waals surface area (Å²) in [5, 5.41) is 2.45. The van der Waals surface area contributed by atoms with E-state index in [1.54, 1.807) is 0 Å². The zero-order valence-electron chi connectivity index (χ0n) is 5.24. The topological polar surface area (TPSA) is 12.0 Å². The van der Waals surface area contributed by atoms with Crippen molar-refractivity contribution >= 4 is 0 Å². The minimum absolute atomic E-state index is 0.369. The van der Waals surface area contributed by atoms with E-state index < -0.39 is 12.5 Å². The fourth-order valence-electron chi connectivity index (χ4n) is 0.978. The predicted octanol–water partition coefficient (Wildman–Crippen LogP) is 1.39. The average Bonchev–Trinajstić information content (AvgIpc) is 1.99. The van der Waals surface area contributed by atoms with E-state index in [0.29, 0.717) is 13.0 Å². The molecule has 0 aromatic carbocycles. The first-order valence-electron chi connectivity index (χ1n) is 3.32. The molecule has 0 aromatic heterocycles. The molecule has 0 amide bonds. The summed E-state index contributed by atoms with van der Waals surface area (Å²) in [4.78, 5) is 0. The van der Waals surface area contributed by atoms with Crippen molar-refractivity contribution in [2.45, 2.75) is 31.7 Å². The van der Waals surface area contributed by atoms with Crippen LogP contribution in [0.1, 0.15) is 19.3 Å². The molecule has 1 heterocycles. The standard InChI is InChI=1S/C6H11F2N/c7-5-3-1-2-4-9-6(5)8/h5-6,9H,1-4H2. The molecule has 0 radical (unpaired) electrons. The molecule has 3 heteroatoms. The molecule has 1 nitrogen and oxygen atoms in total. The van der Waals surface area contributed by atoms with Gasteiger partial charge in [-0.15, -0.1) is 0 Å². The van der Waals surface area contributed by atoms with Gasteiger partial charge in [-0.05, 0) is 25.8 Å². The summed E-state index contributed by atoms with van der Waals surface area (Å²) < 4.78 is 24.8. The largest absolute Gasteiger partial charge is 0.285 e. The number of hydrogen-bond acceptors (Lipinski definition) is 1. The van der Waals surface area contributed by atoms with Crippen LogP contribution in [0.25, 0.3) is 0 Å². The Hall–Kier alpha value is -0.180. The minimum Gasteiger partial charge on any atom is -0.285 e. The average molecular weight is 135 g/mol. The molecular formula is C6H11F2N. The first-order valence-corrected chi connectivity index (χ1v) is 3.32. The van der Waals surface area contributed by atoms with Gasteiger partial charge < -0.3 is 0 Å². The molecule has 2 atom stereocenters. The van der Waals surface area contributed by atoms with Crippen LogP contribution in [-0.2, 0) is 0 Å². The highest BCUT2D eigenvalue weighted by atomic mass is 19.2. The van der Waals surface area contributed by atoms with Gasteiger partial charge in [-0.3, -0.25) is 5.32 Å². The van der Waals surface area contributed by atoms with E-state index in [1.165, 1.54) is 0 Å². The molecule has 9 heavy (non-hydrogen) atoms. The van der Waals surface area contributed by atoms with Gasteiger partial charge in [-0.25, -0.2) is 8.78 Å². The van der Waals surface area contributed by atoms with Crippen LogP contribution in [0.2, 0.25) is 0 Å². The summed E-state index contributed by atoms with van der Waals surface area (Å²) in [6.07, 6.45) is -0.649. The van der Waals surface area contributed by atoms with E-state index in [4.69, 9.17) is 0 Å². The summed E-state index contributed by atoms with van der Waals surface area (Å²) in [6, 6.07) is 0. The van der Waals surface area contributed by atoms with Crippen LogP contribution in [0.4, 0.5) is 8.78 Å². The molecule has 54 valence electrons. The van der Waals surface area contributed by atoms with Crippen molar-refractivity contribution in [3.8, 4) is 0 Å². The normalized spacial score (nSPS) is 38.0. The second-order valence-corrected chi connectivity index (χ2v) is 2.37. The van der Waals surface area contributed by atoms with Crippen molar-refractivity contribution in [2.75, 3.05) is 6.54 Å². The van der Waals surface area contributed by atoms with Crippen LogP contribution in [0, 0.1) is 0 Å². The Morgan fingerprint density at radius 3 is 2.78 bits per heavy atom. The fraction of sp³-hybridized carbons (Fsp3) is 1.00. The molecule has 2 unspecified atom stereocenters. The Labute approximate surface area is 53.4 Å². The van der Waals surface area contributed by atoms with E-state index >= 15 is 0 Å². The molecular weight excluding hydrogens is 124 g/mol. The zero-order chi connectivity index (χ0) is 6.69. The van der Waals surface area contributed by atoms with Gasteiger partial charge in [-0.1, -0.05) is 0 Å². The highest BCUT2D eigenvalue weighted by Crippen LogP contribution is 2.13. The molecule has 1 rings (SSSR count). The summed E-state index contributed by atoms with van der Waals surface area (Å²) in [5.74, 6) is 0. The van der Waals surface area contributed by atoms with Crippen LogP contribution >= 0.6 is 0 Å². The van der Waals surface area contributed by atoms with Gasteiger partial charge in [0.2, 0.25) is 0 Å². The van der Waals surface area contributed by atoms with Crippen molar-refractivity contribution in [1.82, 2.24) is 5.32 Å². The molecule has 0 aromatic rings. The van der Waals surface area contributed by atoms with E-state index in [1.807, 2.05) is 0 Å². The molecule has 1 aliphatic heterocycles. The summed E-state index contributed by atoms with van der Waals surface area (Å²) in [7, 11) is 0. The number of nitrogens with one attached hydrogen (secondary N) is 1. The van der Waals surface area contributed by atoms with Crippen molar-refractivity contribution < 1.29 is 8.78 Å². The molecule has 1 N–H and O–H groups in total. The summed E-state index contributed by atoms with van der Waals surface area (Å²) >= 11 is 0. The predicted molar refractivity (Wildman–Crippen MR) is 31.6 cm³/mol. The van der Waals surface area contributed by atoms with Crippen LogP contribution in [-0.4, -0.2) is 19.0 Å². The summed E-state index contributed by atoms with van der Waals surface area (Å²) in [6.45, 7) is 0.613. The molecule has 1 saturated heterocycles. The maximum absolute atomic E-state index is 12.4. The van der Waals surface area contributed by atoms with Gasteiger partial charge >= 0.3 is 0 Å². The Morgan fingerprint density at radius 1 is 1.22 bits per heavy atom. The molecule has 0 spiro atoms. The van der Waals surface area contributed by atoms with Gasteiger partial charge in [0, 0.05) is 0 Å². The molecule has 0 saturated carbocycles. The lowest BCUT2D eigenvalue weighted by atomic mass is 10.2. The van der Waals surface area contributed by atoms with E-state index in [9.17, 15) is 8.78 Å². The van der Waals surface area contributed by atoms with Crippen LogP contribution < -0.4 is 5.32 Å². The Morgan fingerprint density at radius 2 is 2.00 bits per heavy atom. The monoisotopic (exact) mass is 135 g/mol. The van der Waals surface area contributed by atoms with Gasteiger partial charge in [0.1, 0.15) is 6.17 Å². The second-order valence-electron chi connectivity index (χ2n) is 2.37. The highest BCUT2D eigenvalue weighted by molar-refractivity contribution is 4.70. The van der Waals surface area contributed by atoms with Gasteiger partial charge in [0.15, 0.2) is 6.30 Å². The third kappa shape index (κ3) is 1.90.